The molecule has 0 saturated heterocycles. The van der Waals surface area contributed by atoms with Gasteiger partial charge in [0.05, 0.1) is 29.1 Å². The molecule has 0 saturated carbocycles. The van der Waals surface area contributed by atoms with E-state index in [0.29, 0.717) is 6.04 Å². The van der Waals surface area contributed by atoms with Gasteiger partial charge >= 0.3 is 6.16 Å². The summed E-state index contributed by atoms with van der Waals surface area (Å²) < 4.78 is 6.95. The quantitative estimate of drug-likeness (QED) is 0.186. The van der Waals surface area contributed by atoms with Crippen molar-refractivity contribution in [2.45, 2.75) is 84.4 Å². The predicted molar refractivity (Wildman–Crippen MR) is 150 cm³/mol. The van der Waals surface area contributed by atoms with E-state index in [4.69, 9.17) is 19.5 Å². The van der Waals surface area contributed by atoms with E-state index in [1.54, 1.807) is 0 Å². The Labute approximate surface area is 224 Å². The van der Waals surface area contributed by atoms with Crippen LogP contribution in [0.15, 0.2) is 54.9 Å². The number of carbonyl (C=O) groups is 1. The molecule has 0 bridgehead atoms. The van der Waals surface area contributed by atoms with Crippen LogP contribution in [0.1, 0.15) is 82.8 Å². The SMILES string of the molecule is CCCCCN(Cc1cc2c3ccccc3n(OC(=O)OC(C)(C)C)c2cn1)[C@@H]1CCCc2cccnc21. The van der Waals surface area contributed by atoms with Crippen molar-refractivity contribution < 1.29 is 14.4 Å². The topological polar surface area (TPSA) is 69.5 Å². The third kappa shape index (κ3) is 5.68. The maximum atomic E-state index is 12.5. The van der Waals surface area contributed by atoms with Crippen molar-refractivity contribution in [2.75, 3.05) is 6.54 Å². The lowest BCUT2D eigenvalue weighted by molar-refractivity contribution is -0.00689. The number of hydrogen-bond acceptors (Lipinski definition) is 6. The van der Waals surface area contributed by atoms with Gasteiger partial charge in [-0.25, -0.2) is 4.79 Å². The van der Waals surface area contributed by atoms with E-state index in [1.807, 2.05) is 57.4 Å². The van der Waals surface area contributed by atoms with Crippen LogP contribution in [-0.4, -0.2) is 37.9 Å². The lowest BCUT2D eigenvalue weighted by Gasteiger charge is -2.35. The van der Waals surface area contributed by atoms with Crippen LogP contribution in [0.25, 0.3) is 21.8 Å². The second-order valence-electron chi connectivity index (χ2n) is 11.2. The number of aromatic nitrogens is 3. The highest BCUT2D eigenvalue weighted by Gasteiger charge is 2.28. The Morgan fingerprint density at radius 1 is 1.08 bits per heavy atom. The molecule has 7 nitrogen and oxygen atoms in total. The van der Waals surface area contributed by atoms with Crippen molar-refractivity contribution in [2.24, 2.45) is 0 Å². The summed E-state index contributed by atoms with van der Waals surface area (Å²) in [5.41, 5.74) is 4.49. The summed E-state index contributed by atoms with van der Waals surface area (Å²) in [7, 11) is 0. The van der Waals surface area contributed by atoms with Crippen molar-refractivity contribution in [3.8, 4) is 0 Å². The summed E-state index contributed by atoms with van der Waals surface area (Å²) in [6.45, 7) is 9.46. The molecule has 4 aromatic rings. The zero-order valence-electron chi connectivity index (χ0n) is 22.9. The summed E-state index contributed by atoms with van der Waals surface area (Å²) in [5, 5.41) is 2.02. The molecule has 1 atom stereocenters. The van der Waals surface area contributed by atoms with Gasteiger partial charge in [-0.15, -0.1) is 0 Å². The molecule has 1 aliphatic rings. The molecule has 200 valence electrons. The average molecular weight is 515 g/mol. The number of hydrogen-bond donors (Lipinski definition) is 0. The minimum atomic E-state index is -0.741. The maximum absolute atomic E-state index is 12.5. The summed E-state index contributed by atoms with van der Waals surface area (Å²) in [4.78, 5) is 30.4. The highest BCUT2D eigenvalue weighted by molar-refractivity contribution is 6.07. The van der Waals surface area contributed by atoms with Crippen molar-refractivity contribution in [3.05, 3.63) is 71.8 Å². The molecule has 7 heteroatoms. The fraction of sp³-hybridized carbons (Fsp3) is 0.452. The second kappa shape index (κ2) is 11.1. The van der Waals surface area contributed by atoms with Crippen LogP contribution in [0.2, 0.25) is 0 Å². The van der Waals surface area contributed by atoms with Crippen molar-refractivity contribution in [1.29, 1.82) is 0 Å². The first-order valence-electron chi connectivity index (χ1n) is 13.8. The number of nitrogens with zero attached hydrogens (tertiary/aromatic N) is 4. The van der Waals surface area contributed by atoms with Crippen LogP contribution in [-0.2, 0) is 17.7 Å². The Kier molecular flexibility index (Phi) is 7.65. The Balaban J connectivity index is 1.48. The third-order valence-electron chi connectivity index (χ3n) is 7.15. The highest BCUT2D eigenvalue weighted by atomic mass is 16.8. The van der Waals surface area contributed by atoms with E-state index >= 15 is 0 Å². The Morgan fingerprint density at radius 3 is 2.74 bits per heavy atom. The molecule has 5 rings (SSSR count). The molecule has 0 N–H and O–H groups in total. The van der Waals surface area contributed by atoms with Gasteiger partial charge in [0.1, 0.15) is 11.1 Å². The fourth-order valence-electron chi connectivity index (χ4n) is 5.46. The largest absolute Gasteiger partial charge is 0.534 e. The number of unbranched alkanes of at least 4 members (excludes halogenated alkanes) is 2. The van der Waals surface area contributed by atoms with Crippen LogP contribution in [0, 0.1) is 0 Å². The van der Waals surface area contributed by atoms with E-state index < -0.39 is 11.8 Å². The molecule has 1 aromatic carbocycles. The molecule has 1 aliphatic carbocycles. The van der Waals surface area contributed by atoms with Crippen LogP contribution >= 0.6 is 0 Å². The minimum absolute atomic E-state index is 0.297. The summed E-state index contributed by atoms with van der Waals surface area (Å²) in [6, 6.07) is 14.6. The van der Waals surface area contributed by atoms with Gasteiger partial charge < -0.3 is 9.57 Å². The molecule has 0 radical (unpaired) electrons. The zero-order chi connectivity index (χ0) is 26.7. The molecular formula is C31H38N4O3. The van der Waals surface area contributed by atoms with E-state index in [1.165, 1.54) is 35.3 Å². The van der Waals surface area contributed by atoms with Crippen LogP contribution in [0.4, 0.5) is 4.79 Å². The first-order valence-corrected chi connectivity index (χ1v) is 13.8. The summed E-state index contributed by atoms with van der Waals surface area (Å²) in [5.74, 6) is 0. The first-order chi connectivity index (χ1) is 18.3. The molecule has 3 aromatic heterocycles. The van der Waals surface area contributed by atoms with Gasteiger partial charge in [-0.05, 0) is 76.8 Å². The monoisotopic (exact) mass is 514 g/mol. The first kappa shape index (κ1) is 26.2. The number of ether oxygens (including phenoxy) is 1. The number of pyridine rings is 2. The third-order valence-corrected chi connectivity index (χ3v) is 7.15. The van der Waals surface area contributed by atoms with Gasteiger partial charge in [0.2, 0.25) is 0 Å². The van der Waals surface area contributed by atoms with E-state index in [-0.39, 0.29) is 0 Å². The number of benzene rings is 1. The van der Waals surface area contributed by atoms with Crippen LogP contribution in [0.5, 0.6) is 0 Å². The number of fused-ring (bicyclic) bond motifs is 4. The van der Waals surface area contributed by atoms with Crippen LogP contribution < -0.4 is 4.84 Å². The number of para-hydroxylation sites is 1. The lowest BCUT2D eigenvalue weighted by Crippen LogP contribution is -2.33. The molecule has 3 heterocycles. The number of aryl methyl sites for hydroxylation is 1. The smallest absolute Gasteiger partial charge is 0.427 e. The van der Waals surface area contributed by atoms with Gasteiger partial charge in [0.15, 0.2) is 0 Å². The summed E-state index contributed by atoms with van der Waals surface area (Å²) in [6.07, 6.45) is 9.93. The Bertz CT molecular complexity index is 1420. The second-order valence-corrected chi connectivity index (χ2v) is 11.2. The number of carbonyl (C=O) groups excluding carboxylic acids is 1. The van der Waals surface area contributed by atoms with Gasteiger partial charge in [-0.2, -0.15) is 4.73 Å². The molecule has 0 spiro atoms. The lowest BCUT2D eigenvalue weighted by atomic mass is 9.90. The zero-order valence-corrected chi connectivity index (χ0v) is 22.9. The Hall–Kier alpha value is -3.45. The standard InChI is InChI=1S/C31H38N4O3/c1-5-6-9-18-34(27-16-10-12-22-13-11-17-32-29(22)27)21-23-19-25-24-14-7-8-15-26(24)35(28(25)20-33-23)38-30(36)37-31(2,3)4/h7-8,11,13-15,17,19-20,27H,5-6,9-10,12,16,18,21H2,1-4H3/t27-/m1/s1. The number of rotatable bonds is 8. The van der Waals surface area contributed by atoms with Crippen molar-refractivity contribution in [3.63, 3.8) is 0 Å². The van der Waals surface area contributed by atoms with Gasteiger partial charge in [-0.1, -0.05) is 44.0 Å². The normalized spacial score (nSPS) is 15.7. The molecule has 0 unspecified atom stereocenters. The fourth-order valence-corrected chi connectivity index (χ4v) is 5.46. The Morgan fingerprint density at radius 2 is 1.92 bits per heavy atom. The molecule has 0 aliphatic heterocycles. The van der Waals surface area contributed by atoms with Crippen molar-refractivity contribution in [1.82, 2.24) is 19.6 Å². The van der Waals surface area contributed by atoms with Crippen molar-refractivity contribution >= 4 is 28.0 Å². The van der Waals surface area contributed by atoms with Gasteiger partial charge in [0.25, 0.3) is 0 Å². The highest BCUT2D eigenvalue weighted by Crippen LogP contribution is 2.35. The van der Waals surface area contributed by atoms with Gasteiger partial charge in [0, 0.05) is 23.5 Å². The molecule has 38 heavy (non-hydrogen) atoms. The van der Waals surface area contributed by atoms with E-state index in [0.717, 1.165) is 59.9 Å². The molecule has 0 amide bonds. The summed E-state index contributed by atoms with van der Waals surface area (Å²) >= 11 is 0. The van der Waals surface area contributed by atoms with E-state index in [9.17, 15) is 4.79 Å². The van der Waals surface area contributed by atoms with E-state index in [2.05, 4.69) is 30.0 Å². The van der Waals surface area contributed by atoms with Gasteiger partial charge in [-0.3, -0.25) is 14.9 Å². The maximum Gasteiger partial charge on any atom is 0.534 e. The van der Waals surface area contributed by atoms with Crippen LogP contribution in [0.3, 0.4) is 0 Å². The molecule has 0 fully saturated rings. The molecular weight excluding hydrogens is 476 g/mol. The predicted octanol–water partition coefficient (Wildman–Crippen LogP) is 7.02. The minimum Gasteiger partial charge on any atom is -0.427 e. The average Bonchev–Trinajstić information content (AvgIpc) is 3.19.